The molecule has 0 bridgehead atoms. The van der Waals surface area contributed by atoms with Gasteiger partial charge in [-0.3, -0.25) is 9.69 Å². The van der Waals surface area contributed by atoms with Gasteiger partial charge in [0.15, 0.2) is 11.6 Å². The average Bonchev–Trinajstić information content (AvgIpc) is 2.84. The van der Waals surface area contributed by atoms with Gasteiger partial charge >= 0.3 is 6.09 Å². The van der Waals surface area contributed by atoms with E-state index in [0.717, 1.165) is 5.56 Å². The highest BCUT2D eigenvalue weighted by Gasteiger charge is 2.47. The van der Waals surface area contributed by atoms with Crippen LogP contribution in [0.25, 0.3) is 0 Å². The molecule has 2 aliphatic heterocycles. The molecule has 0 spiro atoms. The maximum atomic E-state index is 12.1. The van der Waals surface area contributed by atoms with E-state index in [1.54, 1.807) is 18.7 Å². The number of nitrogens with zero attached hydrogens (tertiary/aromatic N) is 1. The summed E-state index contributed by atoms with van der Waals surface area (Å²) in [5, 5.41) is 0. The molecule has 2 fully saturated rings. The fourth-order valence-corrected chi connectivity index (χ4v) is 2.70. The van der Waals surface area contributed by atoms with E-state index in [1.807, 2.05) is 30.3 Å². The molecule has 0 aromatic heterocycles. The van der Waals surface area contributed by atoms with Crippen LogP contribution in [0.1, 0.15) is 19.4 Å². The van der Waals surface area contributed by atoms with Gasteiger partial charge in [-0.15, -0.1) is 0 Å². The summed E-state index contributed by atoms with van der Waals surface area (Å²) >= 11 is 0. The van der Waals surface area contributed by atoms with Gasteiger partial charge in [0, 0.05) is 6.54 Å². The predicted octanol–water partition coefficient (Wildman–Crippen LogP) is 1.73. The van der Waals surface area contributed by atoms with E-state index < -0.39 is 24.0 Å². The topological polar surface area (TPSA) is 65.1 Å². The molecule has 6 heteroatoms. The highest BCUT2D eigenvalue weighted by atomic mass is 16.7. The Morgan fingerprint density at radius 1 is 1.23 bits per heavy atom. The third-order valence-corrected chi connectivity index (χ3v) is 3.85. The fraction of sp³-hybridized carbons (Fsp3) is 0.500. The maximum absolute atomic E-state index is 12.1. The van der Waals surface area contributed by atoms with Crippen molar-refractivity contribution >= 4 is 11.9 Å². The molecule has 0 aliphatic carbocycles. The monoisotopic (exact) mass is 305 g/mol. The summed E-state index contributed by atoms with van der Waals surface area (Å²) in [6, 6.07) is 9.16. The molecule has 1 amide bonds. The molecule has 0 unspecified atom stereocenters. The summed E-state index contributed by atoms with van der Waals surface area (Å²) in [5.74, 6) is -1.01. The van der Waals surface area contributed by atoms with Crippen molar-refractivity contribution in [1.82, 2.24) is 4.90 Å². The lowest BCUT2D eigenvalue weighted by Crippen LogP contribution is -2.55. The Morgan fingerprint density at radius 3 is 2.68 bits per heavy atom. The molecule has 22 heavy (non-hydrogen) atoms. The van der Waals surface area contributed by atoms with Crippen LogP contribution in [0.5, 0.6) is 0 Å². The molecule has 1 aromatic carbocycles. The third kappa shape index (κ3) is 2.98. The number of cyclic esters (lactones) is 1. The molecular weight excluding hydrogens is 286 g/mol. The summed E-state index contributed by atoms with van der Waals surface area (Å²) in [5.41, 5.74) is 0.977. The SMILES string of the molecule is CC1(C)OCC(=O)[C@H]([C@H]2COC(=O)N2Cc2ccccc2)O1. The number of ketones is 1. The molecular formula is C16H19NO5. The quantitative estimate of drug-likeness (QED) is 0.851. The molecule has 0 radical (unpaired) electrons. The van der Waals surface area contributed by atoms with Crippen LogP contribution in [0.4, 0.5) is 4.79 Å². The van der Waals surface area contributed by atoms with E-state index in [0.29, 0.717) is 6.54 Å². The van der Waals surface area contributed by atoms with E-state index in [9.17, 15) is 9.59 Å². The second-order valence-corrected chi connectivity index (χ2v) is 5.95. The highest BCUT2D eigenvalue weighted by Crippen LogP contribution is 2.28. The molecule has 2 aliphatic rings. The molecule has 1 aromatic rings. The molecule has 2 saturated heterocycles. The van der Waals surface area contributed by atoms with Gasteiger partial charge in [0.1, 0.15) is 25.4 Å². The van der Waals surface area contributed by atoms with Gasteiger partial charge in [-0.1, -0.05) is 30.3 Å². The zero-order valence-corrected chi connectivity index (χ0v) is 12.7. The standard InChI is InChI=1S/C16H19NO5/c1-16(2)21-10-13(18)14(22-16)12-9-20-15(19)17(12)8-11-6-4-3-5-7-11/h3-7,12,14H,8-10H2,1-2H3/t12-,14+/m1/s1. The van der Waals surface area contributed by atoms with Crippen LogP contribution < -0.4 is 0 Å². The second kappa shape index (κ2) is 5.70. The Labute approximate surface area is 128 Å². The number of hydrogen-bond acceptors (Lipinski definition) is 5. The van der Waals surface area contributed by atoms with Crippen LogP contribution in [0.3, 0.4) is 0 Å². The smallest absolute Gasteiger partial charge is 0.410 e. The van der Waals surface area contributed by atoms with E-state index >= 15 is 0 Å². The van der Waals surface area contributed by atoms with Crippen LogP contribution in [-0.2, 0) is 25.5 Å². The lowest BCUT2D eigenvalue weighted by atomic mass is 10.0. The number of carbonyl (C=O) groups is 2. The first-order valence-electron chi connectivity index (χ1n) is 7.28. The molecule has 3 rings (SSSR count). The third-order valence-electron chi connectivity index (χ3n) is 3.85. The van der Waals surface area contributed by atoms with Gasteiger partial charge in [0.2, 0.25) is 0 Å². The van der Waals surface area contributed by atoms with Crippen LogP contribution in [0, 0.1) is 0 Å². The molecule has 2 atom stereocenters. The summed E-state index contributed by atoms with van der Waals surface area (Å²) in [7, 11) is 0. The minimum absolute atomic E-state index is 0.0124. The Morgan fingerprint density at radius 2 is 1.95 bits per heavy atom. The lowest BCUT2D eigenvalue weighted by Gasteiger charge is -2.38. The van der Waals surface area contributed by atoms with E-state index in [1.165, 1.54) is 0 Å². The number of amides is 1. The van der Waals surface area contributed by atoms with Crippen molar-refractivity contribution in [3.8, 4) is 0 Å². The molecule has 6 nitrogen and oxygen atoms in total. The van der Waals surface area contributed by atoms with Gasteiger partial charge in [-0.2, -0.15) is 0 Å². The van der Waals surface area contributed by atoms with E-state index in [4.69, 9.17) is 14.2 Å². The maximum Gasteiger partial charge on any atom is 0.410 e. The molecule has 118 valence electrons. The summed E-state index contributed by atoms with van der Waals surface area (Å²) in [6.45, 7) is 4.04. The van der Waals surface area contributed by atoms with Crippen LogP contribution in [0.2, 0.25) is 0 Å². The lowest BCUT2D eigenvalue weighted by molar-refractivity contribution is -0.264. The van der Waals surface area contributed by atoms with Crippen molar-refractivity contribution in [2.75, 3.05) is 13.2 Å². The van der Waals surface area contributed by atoms with Crippen molar-refractivity contribution in [3.63, 3.8) is 0 Å². The van der Waals surface area contributed by atoms with Gasteiger partial charge in [-0.05, 0) is 19.4 Å². The van der Waals surface area contributed by atoms with Gasteiger partial charge in [0.05, 0.1) is 0 Å². The fourth-order valence-electron chi connectivity index (χ4n) is 2.70. The van der Waals surface area contributed by atoms with Crippen LogP contribution in [-0.4, -0.2) is 47.9 Å². The minimum atomic E-state index is -0.845. The van der Waals surface area contributed by atoms with Crippen LogP contribution in [0.15, 0.2) is 30.3 Å². The number of rotatable bonds is 3. The first kappa shape index (κ1) is 15.0. The number of ether oxygens (including phenoxy) is 3. The summed E-state index contributed by atoms with van der Waals surface area (Å²) in [6.07, 6.45) is -1.14. The number of hydrogen-bond donors (Lipinski definition) is 0. The van der Waals surface area contributed by atoms with E-state index in [2.05, 4.69) is 0 Å². The summed E-state index contributed by atoms with van der Waals surface area (Å²) < 4.78 is 16.2. The van der Waals surface area contributed by atoms with Crippen molar-refractivity contribution in [1.29, 1.82) is 0 Å². The second-order valence-electron chi connectivity index (χ2n) is 5.95. The number of Topliss-reactive ketones (excluding diaryl/α,β-unsaturated/α-hetero) is 1. The predicted molar refractivity (Wildman–Crippen MR) is 77.0 cm³/mol. The Hall–Kier alpha value is -1.92. The van der Waals surface area contributed by atoms with Gasteiger partial charge in [0.25, 0.3) is 0 Å². The zero-order valence-electron chi connectivity index (χ0n) is 12.7. The first-order valence-corrected chi connectivity index (χ1v) is 7.28. The molecule has 0 saturated carbocycles. The Kier molecular flexibility index (Phi) is 3.88. The van der Waals surface area contributed by atoms with Crippen molar-refractivity contribution in [2.45, 2.75) is 38.3 Å². The Bertz CT molecular complexity index is 571. The normalized spacial score (nSPS) is 27.8. The highest BCUT2D eigenvalue weighted by molar-refractivity contribution is 5.86. The van der Waals surface area contributed by atoms with Crippen molar-refractivity contribution < 1.29 is 23.8 Å². The first-order chi connectivity index (χ1) is 10.5. The number of benzene rings is 1. The van der Waals surface area contributed by atoms with Crippen LogP contribution >= 0.6 is 0 Å². The van der Waals surface area contributed by atoms with E-state index in [-0.39, 0.29) is 19.0 Å². The Balaban J connectivity index is 1.79. The zero-order chi connectivity index (χ0) is 15.7. The van der Waals surface area contributed by atoms with Crippen molar-refractivity contribution in [3.05, 3.63) is 35.9 Å². The van der Waals surface area contributed by atoms with Gasteiger partial charge in [-0.25, -0.2) is 4.79 Å². The summed E-state index contributed by atoms with van der Waals surface area (Å²) in [4.78, 5) is 25.7. The number of carbonyl (C=O) groups excluding carboxylic acids is 2. The minimum Gasteiger partial charge on any atom is -0.447 e. The van der Waals surface area contributed by atoms with Crippen molar-refractivity contribution in [2.24, 2.45) is 0 Å². The average molecular weight is 305 g/mol. The van der Waals surface area contributed by atoms with Gasteiger partial charge < -0.3 is 14.2 Å². The molecule has 2 heterocycles. The largest absolute Gasteiger partial charge is 0.447 e. The molecule has 0 N–H and O–H groups in total.